The molecule has 132 valence electrons. The molecular weight excluding hydrogens is 314 g/mol. The number of nitrogens with zero attached hydrogens (tertiary/aromatic N) is 1. The number of carbonyl (C=O) groups excluding carboxylic acids is 2. The number of nitrogens with one attached hydrogen (secondary N) is 1. The molecule has 5 heteroatoms. The molecule has 0 radical (unpaired) electrons. The standard InChI is InChI=1S/C20H25N3O2/c21-18-7-5-15(6-8-18)20(25)23-11-16-2-1-13(9-17(16)12-23)10-22-19(24)14-3-4-14/h1-2,9,11-12,14-15,18H,3-8,10,21H2,(H,22,24). The van der Waals surface area contributed by atoms with Gasteiger partial charge in [0, 0.05) is 42.2 Å². The second-order valence-corrected chi connectivity index (χ2v) is 7.57. The summed E-state index contributed by atoms with van der Waals surface area (Å²) in [5, 5.41) is 5.08. The topological polar surface area (TPSA) is 77.1 Å². The molecule has 0 unspecified atom stereocenters. The van der Waals surface area contributed by atoms with E-state index in [1.54, 1.807) is 4.57 Å². The first-order valence-corrected chi connectivity index (χ1v) is 9.28. The van der Waals surface area contributed by atoms with Crippen LogP contribution < -0.4 is 11.1 Å². The maximum atomic E-state index is 12.7. The Morgan fingerprint density at radius 2 is 1.68 bits per heavy atom. The molecule has 2 aromatic rings. The lowest BCUT2D eigenvalue weighted by Crippen LogP contribution is -2.31. The SMILES string of the molecule is NC1CCC(C(=O)n2cc3ccc(CNC(=O)C4CC4)cc3c2)CC1. The molecule has 0 atom stereocenters. The largest absolute Gasteiger partial charge is 0.352 e. The summed E-state index contributed by atoms with van der Waals surface area (Å²) in [7, 11) is 0. The van der Waals surface area contributed by atoms with Crippen LogP contribution in [0.2, 0.25) is 0 Å². The molecule has 0 aliphatic heterocycles. The minimum atomic E-state index is 0.0823. The molecule has 2 saturated carbocycles. The van der Waals surface area contributed by atoms with Crippen LogP contribution >= 0.6 is 0 Å². The molecule has 0 saturated heterocycles. The van der Waals surface area contributed by atoms with E-state index in [0.29, 0.717) is 6.54 Å². The van der Waals surface area contributed by atoms with Crippen LogP contribution in [0.1, 0.15) is 48.9 Å². The van der Waals surface area contributed by atoms with Crippen LogP contribution in [0, 0.1) is 11.8 Å². The Bertz CT molecular complexity index is 798. The van der Waals surface area contributed by atoms with E-state index >= 15 is 0 Å². The molecule has 25 heavy (non-hydrogen) atoms. The van der Waals surface area contributed by atoms with Gasteiger partial charge in [0.05, 0.1) is 0 Å². The first-order valence-electron chi connectivity index (χ1n) is 9.28. The molecule has 0 spiro atoms. The van der Waals surface area contributed by atoms with Gasteiger partial charge >= 0.3 is 0 Å². The average molecular weight is 339 g/mol. The van der Waals surface area contributed by atoms with Crippen molar-refractivity contribution in [2.75, 3.05) is 0 Å². The summed E-state index contributed by atoms with van der Waals surface area (Å²) < 4.78 is 1.73. The van der Waals surface area contributed by atoms with Crippen molar-refractivity contribution in [1.29, 1.82) is 0 Å². The van der Waals surface area contributed by atoms with Gasteiger partial charge in [0.25, 0.3) is 0 Å². The van der Waals surface area contributed by atoms with Crippen molar-refractivity contribution in [3.63, 3.8) is 0 Å². The fourth-order valence-electron chi connectivity index (χ4n) is 3.68. The number of carbonyl (C=O) groups is 2. The highest BCUT2D eigenvalue weighted by Gasteiger charge is 2.29. The van der Waals surface area contributed by atoms with Gasteiger partial charge in [0.2, 0.25) is 11.8 Å². The second-order valence-electron chi connectivity index (χ2n) is 7.57. The molecule has 1 aromatic heterocycles. The van der Waals surface area contributed by atoms with Gasteiger partial charge in [-0.25, -0.2) is 0 Å². The van der Waals surface area contributed by atoms with E-state index in [1.165, 1.54) is 0 Å². The van der Waals surface area contributed by atoms with Gasteiger partial charge < -0.3 is 11.1 Å². The van der Waals surface area contributed by atoms with Crippen molar-refractivity contribution >= 4 is 22.6 Å². The molecule has 5 nitrogen and oxygen atoms in total. The Morgan fingerprint density at radius 3 is 2.40 bits per heavy atom. The number of hydrogen-bond donors (Lipinski definition) is 2. The summed E-state index contributed by atoms with van der Waals surface area (Å²) in [6.45, 7) is 0.547. The van der Waals surface area contributed by atoms with Crippen molar-refractivity contribution in [2.24, 2.45) is 17.6 Å². The van der Waals surface area contributed by atoms with Crippen molar-refractivity contribution in [1.82, 2.24) is 9.88 Å². The zero-order chi connectivity index (χ0) is 17.4. The van der Waals surface area contributed by atoms with Gasteiger partial charge in [-0.2, -0.15) is 0 Å². The van der Waals surface area contributed by atoms with E-state index < -0.39 is 0 Å². The van der Waals surface area contributed by atoms with Gasteiger partial charge in [-0.3, -0.25) is 14.2 Å². The smallest absolute Gasteiger partial charge is 0.233 e. The number of nitrogens with two attached hydrogens (primary N) is 1. The molecule has 4 rings (SSSR count). The zero-order valence-corrected chi connectivity index (χ0v) is 14.4. The van der Waals surface area contributed by atoms with E-state index in [4.69, 9.17) is 5.73 Å². The van der Waals surface area contributed by atoms with Crippen molar-refractivity contribution in [3.8, 4) is 0 Å². The fraction of sp³-hybridized carbons (Fsp3) is 0.500. The third kappa shape index (κ3) is 3.61. The van der Waals surface area contributed by atoms with Crippen LogP contribution in [0.4, 0.5) is 0 Å². The first-order chi connectivity index (χ1) is 12.1. The minimum Gasteiger partial charge on any atom is -0.352 e. The quantitative estimate of drug-likeness (QED) is 0.899. The summed E-state index contributed by atoms with van der Waals surface area (Å²) in [6.07, 6.45) is 9.49. The first kappa shape index (κ1) is 16.3. The number of benzene rings is 1. The van der Waals surface area contributed by atoms with E-state index in [9.17, 15) is 9.59 Å². The van der Waals surface area contributed by atoms with E-state index in [-0.39, 0.29) is 29.7 Å². The van der Waals surface area contributed by atoms with Gasteiger partial charge in [0.15, 0.2) is 0 Å². The highest BCUT2D eigenvalue weighted by atomic mass is 16.2. The van der Waals surface area contributed by atoms with Crippen LogP contribution in [0.15, 0.2) is 30.6 Å². The molecule has 0 bridgehead atoms. The lowest BCUT2D eigenvalue weighted by molar-refractivity contribution is -0.122. The Hall–Kier alpha value is -2.14. The third-order valence-corrected chi connectivity index (χ3v) is 5.50. The number of fused-ring (bicyclic) bond motifs is 1. The Balaban J connectivity index is 1.46. The molecular formula is C20H25N3O2. The van der Waals surface area contributed by atoms with Crippen LogP contribution in [0.5, 0.6) is 0 Å². The predicted octanol–water partition coefficient (Wildman–Crippen LogP) is 2.83. The van der Waals surface area contributed by atoms with Gasteiger partial charge in [0.1, 0.15) is 0 Å². The summed E-state index contributed by atoms with van der Waals surface area (Å²) in [4.78, 5) is 24.5. The monoisotopic (exact) mass is 339 g/mol. The molecule has 2 aliphatic rings. The highest BCUT2D eigenvalue weighted by Crippen LogP contribution is 2.29. The van der Waals surface area contributed by atoms with Gasteiger partial charge in [-0.1, -0.05) is 12.1 Å². The second kappa shape index (κ2) is 6.64. The zero-order valence-electron chi connectivity index (χ0n) is 14.4. The van der Waals surface area contributed by atoms with E-state index in [0.717, 1.165) is 54.9 Å². The van der Waals surface area contributed by atoms with E-state index in [2.05, 4.69) is 11.4 Å². The maximum absolute atomic E-state index is 12.7. The van der Waals surface area contributed by atoms with Gasteiger partial charge in [-0.15, -0.1) is 0 Å². The molecule has 1 amide bonds. The van der Waals surface area contributed by atoms with Gasteiger partial charge in [-0.05, 0) is 55.5 Å². The third-order valence-electron chi connectivity index (χ3n) is 5.50. The fourth-order valence-corrected chi connectivity index (χ4v) is 3.68. The average Bonchev–Trinajstić information content (AvgIpc) is 3.38. The lowest BCUT2D eigenvalue weighted by atomic mass is 9.86. The number of hydrogen-bond acceptors (Lipinski definition) is 3. The Kier molecular flexibility index (Phi) is 4.34. The van der Waals surface area contributed by atoms with Crippen molar-refractivity contribution in [2.45, 2.75) is 51.1 Å². The van der Waals surface area contributed by atoms with Crippen LogP contribution in [-0.2, 0) is 11.3 Å². The van der Waals surface area contributed by atoms with Crippen LogP contribution in [-0.4, -0.2) is 22.4 Å². The summed E-state index contributed by atoms with van der Waals surface area (Å²) in [5.74, 6) is 0.639. The van der Waals surface area contributed by atoms with E-state index in [1.807, 2.05) is 24.5 Å². The summed E-state index contributed by atoms with van der Waals surface area (Å²) in [6, 6.07) is 6.35. The van der Waals surface area contributed by atoms with Crippen LogP contribution in [0.3, 0.4) is 0 Å². The van der Waals surface area contributed by atoms with Crippen molar-refractivity contribution in [3.05, 3.63) is 36.2 Å². The minimum absolute atomic E-state index is 0.0823. The predicted molar refractivity (Wildman–Crippen MR) is 97.1 cm³/mol. The summed E-state index contributed by atoms with van der Waals surface area (Å²) >= 11 is 0. The molecule has 3 N–H and O–H groups in total. The Labute approximate surface area is 147 Å². The highest BCUT2D eigenvalue weighted by molar-refractivity contribution is 5.90. The molecule has 2 aliphatic carbocycles. The Morgan fingerprint density at radius 1 is 1.00 bits per heavy atom. The normalized spacial score (nSPS) is 23.6. The molecule has 1 aromatic carbocycles. The summed E-state index contributed by atoms with van der Waals surface area (Å²) in [5.41, 5.74) is 7.00. The van der Waals surface area contributed by atoms with Crippen LogP contribution in [0.25, 0.3) is 10.8 Å². The molecule has 1 heterocycles. The maximum Gasteiger partial charge on any atom is 0.233 e. The molecule has 2 fully saturated rings. The number of rotatable bonds is 4. The lowest BCUT2D eigenvalue weighted by Gasteiger charge is -2.24. The number of aromatic nitrogens is 1. The number of amides is 1. The van der Waals surface area contributed by atoms with Crippen molar-refractivity contribution < 1.29 is 9.59 Å².